The molecule has 1 heterocycles. The Morgan fingerprint density at radius 3 is 1.70 bits per heavy atom. The molecule has 0 unspecified atom stereocenters. The van der Waals surface area contributed by atoms with Gasteiger partial charge in [-0.2, -0.15) is 0 Å². The Bertz CT molecular complexity index is 2510. The smallest absolute Gasteiger partial charge is 0.145 e. The number of para-hydroxylation sites is 2. The summed E-state index contributed by atoms with van der Waals surface area (Å²) in [7, 11) is 0. The summed E-state index contributed by atoms with van der Waals surface area (Å²) in [5, 5.41) is 7.01. The molecule has 2 heteroatoms. The van der Waals surface area contributed by atoms with Gasteiger partial charge in [-0.3, -0.25) is 0 Å². The Labute approximate surface area is 267 Å². The molecule has 0 atom stereocenters. The molecule has 216 valence electrons. The summed E-state index contributed by atoms with van der Waals surface area (Å²) >= 11 is 0. The molecule has 9 rings (SSSR count). The van der Waals surface area contributed by atoms with Crippen LogP contribution in [0.25, 0.3) is 65.7 Å². The average molecular weight is 588 g/mol. The molecule has 0 fully saturated rings. The van der Waals surface area contributed by atoms with Gasteiger partial charge in [-0.15, -0.1) is 0 Å². The molecule has 0 bridgehead atoms. The summed E-state index contributed by atoms with van der Waals surface area (Å²) in [5.41, 5.74) is 9.95. The molecule has 0 aliphatic carbocycles. The highest BCUT2D eigenvalue weighted by Gasteiger charge is 2.20. The first kappa shape index (κ1) is 26.3. The van der Waals surface area contributed by atoms with Crippen LogP contribution in [0.2, 0.25) is 0 Å². The van der Waals surface area contributed by atoms with E-state index >= 15 is 0 Å². The third-order valence-electron chi connectivity index (χ3n) is 9.05. The van der Waals surface area contributed by atoms with Crippen LogP contribution in [0.15, 0.2) is 180 Å². The maximum atomic E-state index is 6.57. The van der Waals surface area contributed by atoms with Gasteiger partial charge in [-0.1, -0.05) is 133 Å². The third kappa shape index (κ3) is 4.27. The summed E-state index contributed by atoms with van der Waals surface area (Å²) in [6, 6.07) is 62.6. The van der Waals surface area contributed by atoms with Crippen LogP contribution >= 0.6 is 0 Å². The van der Waals surface area contributed by atoms with Crippen molar-refractivity contribution in [1.82, 2.24) is 0 Å². The van der Waals surface area contributed by atoms with Gasteiger partial charge in [0, 0.05) is 27.5 Å². The minimum absolute atomic E-state index is 0.903. The molecular formula is C44H29NO. The minimum Gasteiger partial charge on any atom is -0.455 e. The summed E-state index contributed by atoms with van der Waals surface area (Å²) in [5.74, 6) is 0. The van der Waals surface area contributed by atoms with Gasteiger partial charge >= 0.3 is 0 Å². The predicted molar refractivity (Wildman–Crippen MR) is 194 cm³/mol. The van der Waals surface area contributed by atoms with E-state index in [2.05, 4.69) is 169 Å². The van der Waals surface area contributed by atoms with Crippen LogP contribution in [0, 0.1) is 0 Å². The largest absolute Gasteiger partial charge is 0.455 e. The van der Waals surface area contributed by atoms with E-state index in [-0.39, 0.29) is 0 Å². The highest BCUT2D eigenvalue weighted by Crippen LogP contribution is 2.44. The number of rotatable bonds is 5. The maximum absolute atomic E-state index is 6.57. The van der Waals surface area contributed by atoms with Crippen LogP contribution in [-0.2, 0) is 0 Å². The average Bonchev–Trinajstić information content (AvgIpc) is 3.51. The van der Waals surface area contributed by atoms with E-state index in [0.717, 1.165) is 49.8 Å². The highest BCUT2D eigenvalue weighted by atomic mass is 16.3. The Kier molecular flexibility index (Phi) is 6.17. The lowest BCUT2D eigenvalue weighted by atomic mass is 9.91. The van der Waals surface area contributed by atoms with Crippen molar-refractivity contribution < 1.29 is 4.42 Å². The Morgan fingerprint density at radius 2 is 0.957 bits per heavy atom. The minimum atomic E-state index is 0.903. The normalized spacial score (nSPS) is 11.5. The van der Waals surface area contributed by atoms with Crippen LogP contribution in [-0.4, -0.2) is 0 Å². The van der Waals surface area contributed by atoms with Gasteiger partial charge in [-0.05, 0) is 80.9 Å². The van der Waals surface area contributed by atoms with Gasteiger partial charge < -0.3 is 9.32 Å². The van der Waals surface area contributed by atoms with Gasteiger partial charge in [0.1, 0.15) is 11.2 Å². The molecule has 0 aliphatic heterocycles. The Balaban J connectivity index is 1.24. The molecule has 0 radical (unpaired) electrons. The van der Waals surface area contributed by atoms with Crippen molar-refractivity contribution >= 4 is 60.5 Å². The number of anilines is 3. The Hall–Kier alpha value is -6.12. The fourth-order valence-corrected chi connectivity index (χ4v) is 6.95. The van der Waals surface area contributed by atoms with E-state index in [9.17, 15) is 0 Å². The van der Waals surface area contributed by atoms with Crippen LogP contribution in [0.3, 0.4) is 0 Å². The lowest BCUT2D eigenvalue weighted by molar-refractivity contribution is 0.672. The van der Waals surface area contributed by atoms with Crippen molar-refractivity contribution in [2.75, 3.05) is 4.90 Å². The second-order valence-electron chi connectivity index (χ2n) is 11.7. The maximum Gasteiger partial charge on any atom is 0.145 e. The van der Waals surface area contributed by atoms with Crippen LogP contribution in [0.4, 0.5) is 17.1 Å². The predicted octanol–water partition coefficient (Wildman–Crippen LogP) is 12.7. The van der Waals surface area contributed by atoms with E-state index in [1.165, 1.54) is 33.0 Å². The number of hydrogen-bond donors (Lipinski definition) is 0. The summed E-state index contributed by atoms with van der Waals surface area (Å²) in [4.78, 5) is 2.34. The molecule has 46 heavy (non-hydrogen) atoms. The van der Waals surface area contributed by atoms with Crippen LogP contribution in [0.5, 0.6) is 0 Å². The summed E-state index contributed by atoms with van der Waals surface area (Å²) in [6.07, 6.45) is 0. The third-order valence-corrected chi connectivity index (χ3v) is 9.05. The second-order valence-corrected chi connectivity index (χ2v) is 11.7. The Morgan fingerprint density at radius 1 is 0.370 bits per heavy atom. The zero-order valence-electron chi connectivity index (χ0n) is 25.1. The molecular weight excluding hydrogens is 558 g/mol. The number of fused-ring (bicyclic) bond motifs is 6. The van der Waals surface area contributed by atoms with Crippen molar-refractivity contribution in [1.29, 1.82) is 0 Å². The summed E-state index contributed by atoms with van der Waals surface area (Å²) in [6.45, 7) is 0. The van der Waals surface area contributed by atoms with E-state index < -0.39 is 0 Å². The fraction of sp³-hybridized carbons (Fsp3) is 0. The first-order valence-corrected chi connectivity index (χ1v) is 15.7. The first-order chi connectivity index (χ1) is 22.8. The number of furan rings is 1. The second kappa shape index (κ2) is 10.8. The topological polar surface area (TPSA) is 16.4 Å². The molecule has 0 N–H and O–H groups in total. The van der Waals surface area contributed by atoms with Gasteiger partial charge in [-0.25, -0.2) is 0 Å². The van der Waals surface area contributed by atoms with Gasteiger partial charge in [0.15, 0.2) is 0 Å². The lowest BCUT2D eigenvalue weighted by Gasteiger charge is -2.27. The SMILES string of the molecule is c1ccc(-c2cccc3cccc(-c4ccc(N(c5ccccc5)c5cccc6ccc7c8ccccc8oc7c56)cc4)c23)cc1. The molecule has 0 aliphatic rings. The highest BCUT2D eigenvalue weighted by molar-refractivity contribution is 6.19. The number of nitrogens with zero attached hydrogens (tertiary/aromatic N) is 1. The van der Waals surface area contributed by atoms with Crippen molar-refractivity contribution in [2.45, 2.75) is 0 Å². The van der Waals surface area contributed by atoms with Crippen molar-refractivity contribution in [3.63, 3.8) is 0 Å². The van der Waals surface area contributed by atoms with Crippen molar-refractivity contribution in [2.24, 2.45) is 0 Å². The van der Waals surface area contributed by atoms with Crippen LogP contribution < -0.4 is 4.90 Å². The monoisotopic (exact) mass is 587 g/mol. The quantitative estimate of drug-likeness (QED) is 0.199. The van der Waals surface area contributed by atoms with E-state index in [4.69, 9.17) is 4.42 Å². The molecule has 0 spiro atoms. The lowest BCUT2D eigenvalue weighted by Crippen LogP contribution is -2.10. The molecule has 2 nitrogen and oxygen atoms in total. The van der Waals surface area contributed by atoms with E-state index in [1.807, 2.05) is 12.1 Å². The van der Waals surface area contributed by atoms with Crippen molar-refractivity contribution in [3.05, 3.63) is 176 Å². The zero-order valence-corrected chi connectivity index (χ0v) is 25.1. The van der Waals surface area contributed by atoms with Gasteiger partial charge in [0.25, 0.3) is 0 Å². The standard InChI is InChI=1S/C44H29NO/c1-3-12-30(13-4-1)36-20-9-14-32-15-10-21-37(42(32)36)31-24-27-35(28-25-31)45(34-17-5-2-6-18-34)40-22-11-16-33-26-29-39-38-19-7-8-23-41(38)46-44(39)43(33)40/h1-29H. The number of hydrogen-bond acceptors (Lipinski definition) is 2. The van der Waals surface area contributed by atoms with Crippen LogP contribution in [0.1, 0.15) is 0 Å². The molecule has 0 saturated carbocycles. The molecule has 1 aromatic heterocycles. The van der Waals surface area contributed by atoms with Crippen molar-refractivity contribution in [3.8, 4) is 22.3 Å². The summed E-state index contributed by atoms with van der Waals surface area (Å²) < 4.78 is 6.57. The first-order valence-electron chi connectivity index (χ1n) is 15.7. The van der Waals surface area contributed by atoms with E-state index in [1.54, 1.807) is 0 Å². The van der Waals surface area contributed by atoms with Gasteiger partial charge in [0.05, 0.1) is 5.69 Å². The molecule has 8 aromatic carbocycles. The number of benzene rings is 8. The fourth-order valence-electron chi connectivity index (χ4n) is 6.95. The molecule has 9 aromatic rings. The molecule has 0 saturated heterocycles. The zero-order chi connectivity index (χ0) is 30.5. The molecule has 0 amide bonds. The van der Waals surface area contributed by atoms with Gasteiger partial charge in [0.2, 0.25) is 0 Å². The van der Waals surface area contributed by atoms with E-state index in [0.29, 0.717) is 0 Å².